The average Bonchev–Trinajstić information content (AvgIpc) is 3.07. The highest BCUT2D eigenvalue weighted by molar-refractivity contribution is 7.99. The number of hydrogen-bond acceptors (Lipinski definition) is 6. The molecule has 4 heterocycles. The van der Waals surface area contributed by atoms with Crippen molar-refractivity contribution in [1.82, 2.24) is 5.06 Å². The largest absolute Gasteiger partial charge is 0.343 e. The van der Waals surface area contributed by atoms with Crippen molar-refractivity contribution in [3.05, 3.63) is 35.9 Å². The summed E-state index contributed by atoms with van der Waals surface area (Å²) in [5.74, 6) is 1.37. The maximum absolute atomic E-state index is 6.35. The molecule has 24 heavy (non-hydrogen) atoms. The Morgan fingerprint density at radius 3 is 2.83 bits per heavy atom. The van der Waals surface area contributed by atoms with Crippen LogP contribution in [0.25, 0.3) is 0 Å². The van der Waals surface area contributed by atoms with E-state index in [-0.39, 0.29) is 30.1 Å². The second-order valence-electron chi connectivity index (χ2n) is 7.53. The van der Waals surface area contributed by atoms with Crippen molar-refractivity contribution >= 4 is 11.8 Å². The Balaban J connectivity index is 1.51. The van der Waals surface area contributed by atoms with Crippen LogP contribution in [0.5, 0.6) is 0 Å². The predicted octanol–water partition coefficient (Wildman–Crippen LogP) is 2.55. The molecular weight excluding hydrogens is 326 g/mol. The minimum absolute atomic E-state index is 0.0739. The molecule has 4 saturated heterocycles. The van der Waals surface area contributed by atoms with E-state index in [0.29, 0.717) is 0 Å². The molecule has 4 aliphatic heterocycles. The topological polar surface area (TPSA) is 40.2 Å². The van der Waals surface area contributed by atoms with Gasteiger partial charge in [0.2, 0.25) is 0 Å². The Bertz CT molecular complexity index is 627. The molecule has 5 atom stereocenters. The van der Waals surface area contributed by atoms with Gasteiger partial charge in [-0.1, -0.05) is 30.3 Å². The molecule has 6 heteroatoms. The van der Waals surface area contributed by atoms with Crippen LogP contribution in [0.15, 0.2) is 30.3 Å². The van der Waals surface area contributed by atoms with Gasteiger partial charge in [0.15, 0.2) is 12.1 Å². The molecule has 0 saturated carbocycles. The van der Waals surface area contributed by atoms with Gasteiger partial charge < -0.3 is 14.2 Å². The summed E-state index contributed by atoms with van der Waals surface area (Å²) in [6.45, 7) is 4.66. The van der Waals surface area contributed by atoms with Crippen LogP contribution in [0.4, 0.5) is 0 Å². The maximum atomic E-state index is 6.35. The zero-order valence-corrected chi connectivity index (χ0v) is 14.8. The van der Waals surface area contributed by atoms with Crippen molar-refractivity contribution in [1.29, 1.82) is 0 Å². The third kappa shape index (κ3) is 2.28. The van der Waals surface area contributed by atoms with Gasteiger partial charge in [0.05, 0.1) is 12.2 Å². The summed E-state index contributed by atoms with van der Waals surface area (Å²) in [5.41, 5.74) is 0.980. The molecule has 130 valence electrons. The van der Waals surface area contributed by atoms with Gasteiger partial charge in [-0.3, -0.25) is 4.84 Å². The Kier molecular flexibility index (Phi) is 3.53. The van der Waals surface area contributed by atoms with E-state index in [2.05, 4.69) is 29.3 Å². The van der Waals surface area contributed by atoms with Crippen molar-refractivity contribution < 1.29 is 19.0 Å². The highest BCUT2D eigenvalue weighted by Gasteiger charge is 2.69. The third-order valence-electron chi connectivity index (χ3n) is 5.44. The molecule has 1 aromatic rings. The van der Waals surface area contributed by atoms with E-state index in [1.54, 1.807) is 0 Å². The summed E-state index contributed by atoms with van der Waals surface area (Å²) in [7, 11) is 0. The number of ether oxygens (including phenoxy) is 3. The lowest BCUT2D eigenvalue weighted by Crippen LogP contribution is -2.58. The first-order valence-corrected chi connectivity index (χ1v) is 9.79. The SMILES string of the molecule is CC1(C)O[C@H]2O[C@@H]3CSC[C@@H]4C[C@@]3([C@H]2O1)N(Cc1ccccc1)O4. The van der Waals surface area contributed by atoms with Crippen LogP contribution in [-0.2, 0) is 25.6 Å². The van der Waals surface area contributed by atoms with E-state index in [1.165, 1.54) is 5.56 Å². The molecular formula is C18H23NO4S. The molecule has 4 aliphatic rings. The Morgan fingerprint density at radius 1 is 1.17 bits per heavy atom. The fourth-order valence-corrected chi connectivity index (χ4v) is 5.63. The molecule has 1 spiro atoms. The Hall–Kier alpha value is -0.630. The first-order valence-electron chi connectivity index (χ1n) is 8.64. The van der Waals surface area contributed by atoms with Gasteiger partial charge in [0.1, 0.15) is 11.6 Å². The normalized spacial score (nSPS) is 43.4. The number of rotatable bonds is 2. The quantitative estimate of drug-likeness (QED) is 0.817. The lowest BCUT2D eigenvalue weighted by atomic mass is 9.84. The van der Waals surface area contributed by atoms with Gasteiger partial charge in [-0.15, -0.1) is 0 Å². The highest BCUT2D eigenvalue weighted by atomic mass is 32.2. The summed E-state index contributed by atoms with van der Waals surface area (Å²) in [6.07, 6.45) is 0.829. The van der Waals surface area contributed by atoms with E-state index >= 15 is 0 Å². The monoisotopic (exact) mass is 349 g/mol. The summed E-state index contributed by atoms with van der Waals surface area (Å²) in [5, 5.41) is 2.15. The number of fused-ring (bicyclic) bond motifs is 2. The van der Waals surface area contributed by atoms with Crippen LogP contribution < -0.4 is 0 Å². The van der Waals surface area contributed by atoms with E-state index < -0.39 is 5.79 Å². The van der Waals surface area contributed by atoms with Gasteiger partial charge in [0, 0.05) is 24.5 Å². The Morgan fingerprint density at radius 2 is 2.00 bits per heavy atom. The molecule has 1 aromatic carbocycles. The average molecular weight is 349 g/mol. The number of nitrogens with zero attached hydrogens (tertiary/aromatic N) is 1. The summed E-state index contributed by atoms with van der Waals surface area (Å²) >= 11 is 1.91. The van der Waals surface area contributed by atoms with E-state index in [1.807, 2.05) is 31.7 Å². The first-order chi connectivity index (χ1) is 11.6. The van der Waals surface area contributed by atoms with E-state index in [0.717, 1.165) is 24.5 Å². The zero-order chi connectivity index (χ0) is 16.4. The second kappa shape index (κ2) is 5.43. The van der Waals surface area contributed by atoms with Crippen molar-refractivity contribution in [2.45, 2.75) is 62.7 Å². The molecule has 0 aromatic heterocycles. The minimum Gasteiger partial charge on any atom is -0.343 e. The molecule has 0 N–H and O–H groups in total. The smallest absolute Gasteiger partial charge is 0.189 e. The molecule has 0 aliphatic carbocycles. The fourth-order valence-electron chi connectivity index (χ4n) is 4.48. The first kappa shape index (κ1) is 15.6. The van der Waals surface area contributed by atoms with E-state index in [4.69, 9.17) is 19.0 Å². The van der Waals surface area contributed by atoms with Crippen LogP contribution in [0.2, 0.25) is 0 Å². The lowest BCUT2D eigenvalue weighted by Gasteiger charge is -2.40. The molecule has 0 unspecified atom stereocenters. The van der Waals surface area contributed by atoms with Crippen molar-refractivity contribution in [2.24, 2.45) is 0 Å². The second-order valence-corrected chi connectivity index (χ2v) is 8.61. The van der Waals surface area contributed by atoms with E-state index in [9.17, 15) is 0 Å². The van der Waals surface area contributed by atoms with Crippen LogP contribution in [0, 0.1) is 0 Å². The summed E-state index contributed by atoms with van der Waals surface area (Å²) in [4.78, 5) is 6.35. The molecule has 0 amide bonds. The van der Waals surface area contributed by atoms with Crippen LogP contribution in [0.1, 0.15) is 25.8 Å². The highest BCUT2D eigenvalue weighted by Crippen LogP contribution is 2.54. The van der Waals surface area contributed by atoms with Crippen LogP contribution >= 0.6 is 11.8 Å². The fraction of sp³-hybridized carbons (Fsp3) is 0.667. The summed E-state index contributed by atoms with van der Waals surface area (Å²) in [6, 6.07) is 10.5. The van der Waals surface area contributed by atoms with Crippen molar-refractivity contribution in [3.8, 4) is 0 Å². The predicted molar refractivity (Wildman–Crippen MR) is 90.2 cm³/mol. The zero-order valence-electron chi connectivity index (χ0n) is 14.0. The van der Waals surface area contributed by atoms with Gasteiger partial charge >= 0.3 is 0 Å². The van der Waals surface area contributed by atoms with Gasteiger partial charge in [-0.05, 0) is 19.4 Å². The number of thioether (sulfide) groups is 1. The number of hydroxylamine groups is 2. The standard InChI is InChI=1S/C18H23NO4S/c1-17(2)21-15-16(22-17)20-14-11-24-10-13-8-18(14,15)19(23-13)9-12-6-4-3-5-7-12/h3-7,13-16H,8-11H2,1-2H3/t13-,14+,15-,16+,18+/m0/s1. The van der Waals surface area contributed by atoms with Crippen molar-refractivity contribution in [3.63, 3.8) is 0 Å². The molecule has 0 radical (unpaired) electrons. The third-order valence-corrected chi connectivity index (χ3v) is 6.59. The maximum Gasteiger partial charge on any atom is 0.189 e. The van der Waals surface area contributed by atoms with Crippen molar-refractivity contribution in [2.75, 3.05) is 11.5 Å². The van der Waals surface area contributed by atoms with Gasteiger partial charge in [0.25, 0.3) is 0 Å². The molecule has 5 rings (SSSR count). The Labute approximate surface area is 146 Å². The molecule has 4 fully saturated rings. The van der Waals surface area contributed by atoms with Crippen LogP contribution in [0.3, 0.4) is 0 Å². The lowest BCUT2D eigenvalue weighted by molar-refractivity contribution is -0.249. The van der Waals surface area contributed by atoms with Crippen LogP contribution in [-0.4, -0.2) is 52.5 Å². The summed E-state index contributed by atoms with van der Waals surface area (Å²) < 4.78 is 18.6. The number of benzene rings is 1. The molecule has 5 nitrogen and oxygen atoms in total. The molecule has 2 bridgehead atoms. The minimum atomic E-state index is -0.606. The van der Waals surface area contributed by atoms with Gasteiger partial charge in [-0.2, -0.15) is 16.8 Å². The van der Waals surface area contributed by atoms with Gasteiger partial charge in [-0.25, -0.2) is 0 Å². The number of hydrogen-bond donors (Lipinski definition) is 0.